The van der Waals surface area contributed by atoms with Gasteiger partial charge >= 0.3 is 0 Å². The number of ether oxygens (including phenoxy) is 1. The second kappa shape index (κ2) is 5.73. The van der Waals surface area contributed by atoms with Gasteiger partial charge in [0.25, 0.3) is 0 Å². The van der Waals surface area contributed by atoms with Crippen molar-refractivity contribution in [3.63, 3.8) is 0 Å². The first-order chi connectivity index (χ1) is 7.19. The summed E-state index contributed by atoms with van der Waals surface area (Å²) in [4.78, 5) is 10.6. The lowest BCUT2D eigenvalue weighted by Crippen LogP contribution is -1.94. The molecule has 0 fully saturated rings. The highest BCUT2D eigenvalue weighted by Gasteiger charge is 2.07. The van der Waals surface area contributed by atoms with Crippen molar-refractivity contribution in [1.29, 1.82) is 0 Å². The lowest BCUT2D eigenvalue weighted by atomic mass is 10.1. The maximum atomic E-state index is 10.6. The highest BCUT2D eigenvalue weighted by molar-refractivity contribution is 6.34. The molecule has 0 aromatic heterocycles. The molecule has 82 valence electrons. The molecule has 3 nitrogen and oxygen atoms in total. The summed E-state index contributed by atoms with van der Waals surface area (Å²) in [5.41, 5.74) is 1.21. The van der Waals surface area contributed by atoms with Crippen LogP contribution in [0.3, 0.4) is 0 Å². The number of halogens is 1. The number of benzene rings is 1. The van der Waals surface area contributed by atoms with Gasteiger partial charge in [-0.15, -0.1) is 0 Å². The third-order valence-corrected chi connectivity index (χ3v) is 2.49. The molecule has 0 aliphatic rings. The number of rotatable bonds is 5. The summed E-state index contributed by atoms with van der Waals surface area (Å²) in [6, 6.07) is 3.26. The fourth-order valence-corrected chi connectivity index (χ4v) is 1.50. The minimum atomic E-state index is -0.0475. The van der Waals surface area contributed by atoms with Crippen molar-refractivity contribution < 1.29 is 14.6 Å². The molecule has 1 N–H and O–H groups in total. The standard InChI is InChI=1S/C11H13ClO3/c1-15-4-2-3-8-5-9(7-13)11(12)10(14)6-8/h5-7,14H,2-4H2,1H3. The number of phenolic OH excluding ortho intramolecular Hbond substituents is 1. The van der Waals surface area contributed by atoms with Crippen molar-refractivity contribution in [1.82, 2.24) is 0 Å². The Labute approximate surface area is 93.6 Å². The lowest BCUT2D eigenvalue weighted by Gasteiger charge is -2.05. The first kappa shape index (κ1) is 12.0. The van der Waals surface area contributed by atoms with E-state index in [4.69, 9.17) is 16.3 Å². The third kappa shape index (κ3) is 3.22. The molecule has 0 unspecified atom stereocenters. The Morgan fingerprint density at radius 2 is 2.27 bits per heavy atom. The second-order valence-corrected chi connectivity index (χ2v) is 3.61. The molecule has 0 saturated carbocycles. The van der Waals surface area contributed by atoms with E-state index in [2.05, 4.69) is 0 Å². The maximum Gasteiger partial charge on any atom is 0.151 e. The van der Waals surface area contributed by atoms with E-state index in [1.165, 1.54) is 0 Å². The number of carbonyl (C=O) groups is 1. The van der Waals surface area contributed by atoms with Gasteiger partial charge in [-0.2, -0.15) is 0 Å². The summed E-state index contributed by atoms with van der Waals surface area (Å²) < 4.78 is 4.92. The molecular weight excluding hydrogens is 216 g/mol. The highest BCUT2D eigenvalue weighted by atomic mass is 35.5. The van der Waals surface area contributed by atoms with Crippen LogP contribution in [0.1, 0.15) is 22.3 Å². The molecule has 0 heterocycles. The van der Waals surface area contributed by atoms with Crippen LogP contribution in [-0.2, 0) is 11.2 Å². The Morgan fingerprint density at radius 3 is 2.87 bits per heavy atom. The number of phenols is 1. The average Bonchev–Trinajstić information content (AvgIpc) is 2.23. The smallest absolute Gasteiger partial charge is 0.151 e. The third-order valence-electron chi connectivity index (χ3n) is 2.08. The van der Waals surface area contributed by atoms with E-state index in [0.29, 0.717) is 18.5 Å². The van der Waals surface area contributed by atoms with Gasteiger partial charge in [-0.1, -0.05) is 11.6 Å². The van der Waals surface area contributed by atoms with E-state index in [1.807, 2.05) is 0 Å². The van der Waals surface area contributed by atoms with E-state index >= 15 is 0 Å². The van der Waals surface area contributed by atoms with Crippen molar-refractivity contribution in [2.24, 2.45) is 0 Å². The number of aldehydes is 1. The van der Waals surface area contributed by atoms with E-state index in [0.717, 1.165) is 18.4 Å². The number of hydrogen-bond acceptors (Lipinski definition) is 3. The van der Waals surface area contributed by atoms with Gasteiger partial charge in [-0.05, 0) is 30.5 Å². The van der Waals surface area contributed by atoms with Crippen molar-refractivity contribution in [2.75, 3.05) is 13.7 Å². The van der Waals surface area contributed by atoms with Crippen molar-refractivity contribution in [3.8, 4) is 5.75 Å². The van der Waals surface area contributed by atoms with Gasteiger partial charge in [0.2, 0.25) is 0 Å². The Hall–Kier alpha value is -1.06. The van der Waals surface area contributed by atoms with Crippen molar-refractivity contribution in [2.45, 2.75) is 12.8 Å². The molecule has 0 aliphatic heterocycles. The summed E-state index contributed by atoms with van der Waals surface area (Å²) in [6.07, 6.45) is 2.23. The van der Waals surface area contributed by atoms with Crippen LogP contribution in [0.4, 0.5) is 0 Å². The molecule has 0 amide bonds. The fourth-order valence-electron chi connectivity index (χ4n) is 1.34. The molecule has 0 atom stereocenters. The zero-order valence-electron chi connectivity index (χ0n) is 8.50. The zero-order chi connectivity index (χ0) is 11.3. The van der Waals surface area contributed by atoms with Crippen LogP contribution in [0.25, 0.3) is 0 Å². The maximum absolute atomic E-state index is 10.6. The SMILES string of the molecule is COCCCc1cc(O)c(Cl)c(C=O)c1. The fraction of sp³-hybridized carbons (Fsp3) is 0.364. The molecular formula is C11H13ClO3. The molecule has 0 aliphatic carbocycles. The topological polar surface area (TPSA) is 46.5 Å². The van der Waals surface area contributed by atoms with Crippen LogP contribution >= 0.6 is 11.6 Å². The minimum absolute atomic E-state index is 0.0475. The monoisotopic (exact) mass is 228 g/mol. The van der Waals surface area contributed by atoms with Crippen LogP contribution < -0.4 is 0 Å². The number of carbonyl (C=O) groups excluding carboxylic acids is 1. The predicted molar refractivity (Wildman–Crippen MR) is 58.7 cm³/mol. The van der Waals surface area contributed by atoms with Gasteiger partial charge < -0.3 is 9.84 Å². The molecule has 1 aromatic rings. The van der Waals surface area contributed by atoms with Crippen LogP contribution in [-0.4, -0.2) is 25.1 Å². The minimum Gasteiger partial charge on any atom is -0.506 e. The summed E-state index contributed by atoms with van der Waals surface area (Å²) in [5.74, 6) is -0.0475. The summed E-state index contributed by atoms with van der Waals surface area (Å²) in [6.45, 7) is 0.653. The first-order valence-corrected chi connectivity index (χ1v) is 5.02. The second-order valence-electron chi connectivity index (χ2n) is 3.23. The van der Waals surface area contributed by atoms with Crippen LogP contribution in [0, 0.1) is 0 Å². The Morgan fingerprint density at radius 1 is 1.53 bits per heavy atom. The molecule has 4 heteroatoms. The van der Waals surface area contributed by atoms with Crippen molar-refractivity contribution in [3.05, 3.63) is 28.3 Å². The lowest BCUT2D eigenvalue weighted by molar-refractivity contribution is 0.112. The number of aromatic hydroxyl groups is 1. The molecule has 1 rings (SSSR count). The van der Waals surface area contributed by atoms with Gasteiger partial charge in [0.1, 0.15) is 5.75 Å². The summed E-state index contributed by atoms with van der Waals surface area (Å²) >= 11 is 5.72. The van der Waals surface area contributed by atoms with E-state index in [1.54, 1.807) is 19.2 Å². The zero-order valence-corrected chi connectivity index (χ0v) is 9.25. The first-order valence-electron chi connectivity index (χ1n) is 4.64. The predicted octanol–water partition coefficient (Wildman–Crippen LogP) is 2.44. The number of methoxy groups -OCH3 is 1. The normalized spacial score (nSPS) is 10.3. The van der Waals surface area contributed by atoms with Crippen LogP contribution in [0.5, 0.6) is 5.75 Å². The van der Waals surface area contributed by atoms with E-state index < -0.39 is 0 Å². The van der Waals surface area contributed by atoms with Crippen LogP contribution in [0.15, 0.2) is 12.1 Å². The van der Waals surface area contributed by atoms with E-state index in [-0.39, 0.29) is 10.8 Å². The Bertz CT molecular complexity index is 350. The van der Waals surface area contributed by atoms with E-state index in [9.17, 15) is 9.90 Å². The summed E-state index contributed by atoms with van der Waals surface area (Å²) in [5, 5.41) is 9.56. The van der Waals surface area contributed by atoms with Gasteiger partial charge in [0.15, 0.2) is 6.29 Å². The summed E-state index contributed by atoms with van der Waals surface area (Å²) in [7, 11) is 1.64. The largest absolute Gasteiger partial charge is 0.506 e. The van der Waals surface area contributed by atoms with Gasteiger partial charge in [0, 0.05) is 19.3 Å². The number of hydrogen-bond donors (Lipinski definition) is 1. The quantitative estimate of drug-likeness (QED) is 0.622. The molecule has 0 spiro atoms. The Balaban J connectivity index is 2.81. The van der Waals surface area contributed by atoms with Gasteiger partial charge in [-0.25, -0.2) is 0 Å². The highest BCUT2D eigenvalue weighted by Crippen LogP contribution is 2.28. The molecule has 15 heavy (non-hydrogen) atoms. The van der Waals surface area contributed by atoms with Gasteiger partial charge in [0.05, 0.1) is 5.02 Å². The average molecular weight is 229 g/mol. The van der Waals surface area contributed by atoms with Crippen LogP contribution in [0.2, 0.25) is 5.02 Å². The molecule has 1 aromatic carbocycles. The van der Waals surface area contributed by atoms with Crippen molar-refractivity contribution >= 4 is 17.9 Å². The molecule has 0 radical (unpaired) electrons. The van der Waals surface area contributed by atoms with Gasteiger partial charge in [-0.3, -0.25) is 4.79 Å². The molecule has 0 saturated heterocycles. The number of aryl methyl sites for hydroxylation is 1. The Kier molecular flexibility index (Phi) is 4.59. The molecule has 0 bridgehead atoms.